The molecule has 0 radical (unpaired) electrons. The van der Waals surface area contributed by atoms with Crippen LogP contribution in [0.4, 0.5) is 0 Å². The number of hydrogen-bond acceptors (Lipinski definition) is 5. The highest BCUT2D eigenvalue weighted by Crippen LogP contribution is 2.20. The minimum absolute atomic E-state index is 0.185. The van der Waals surface area contributed by atoms with Crippen molar-refractivity contribution < 1.29 is 13.2 Å². The quantitative estimate of drug-likeness (QED) is 0.755. The summed E-state index contributed by atoms with van der Waals surface area (Å²) < 4.78 is 32.2. The molecule has 104 valence electrons. The summed E-state index contributed by atoms with van der Waals surface area (Å²) in [6, 6.07) is 1.51. The Morgan fingerprint density at radius 2 is 2.22 bits per heavy atom. The van der Waals surface area contributed by atoms with E-state index in [2.05, 4.69) is 10.0 Å². The van der Waals surface area contributed by atoms with E-state index < -0.39 is 10.0 Å². The van der Waals surface area contributed by atoms with E-state index in [9.17, 15) is 8.42 Å². The molecule has 0 aromatic carbocycles. The molecule has 7 heteroatoms. The molecule has 0 aliphatic heterocycles. The average molecular weight is 292 g/mol. The van der Waals surface area contributed by atoms with Gasteiger partial charge in [0.05, 0.1) is 6.61 Å². The fourth-order valence-corrected chi connectivity index (χ4v) is 4.03. The van der Waals surface area contributed by atoms with Crippen LogP contribution in [-0.2, 0) is 21.3 Å². The zero-order chi connectivity index (χ0) is 13.6. The Bertz CT molecular complexity index is 457. The Balaban J connectivity index is 2.78. The van der Waals surface area contributed by atoms with E-state index >= 15 is 0 Å². The second-order valence-electron chi connectivity index (χ2n) is 3.99. The van der Waals surface area contributed by atoms with Crippen LogP contribution < -0.4 is 10.0 Å². The van der Waals surface area contributed by atoms with Crippen LogP contribution in [0.25, 0.3) is 0 Å². The lowest BCUT2D eigenvalue weighted by molar-refractivity contribution is 0.173. The van der Waals surface area contributed by atoms with Gasteiger partial charge in [0.1, 0.15) is 4.21 Å². The molecule has 1 unspecified atom stereocenters. The molecule has 1 heterocycles. The predicted molar refractivity (Wildman–Crippen MR) is 73.4 cm³/mol. The Kier molecular flexibility index (Phi) is 6.24. The number of rotatable bonds is 8. The highest BCUT2D eigenvalue weighted by Gasteiger charge is 2.20. The van der Waals surface area contributed by atoms with E-state index in [-0.39, 0.29) is 6.04 Å². The highest BCUT2D eigenvalue weighted by molar-refractivity contribution is 7.91. The Morgan fingerprint density at radius 3 is 2.78 bits per heavy atom. The van der Waals surface area contributed by atoms with Gasteiger partial charge in [0.25, 0.3) is 0 Å². The largest absolute Gasteiger partial charge is 0.383 e. The normalized spacial score (nSPS) is 13.7. The zero-order valence-electron chi connectivity index (χ0n) is 10.9. The summed E-state index contributed by atoms with van der Waals surface area (Å²) in [5.74, 6) is 0. The molecule has 18 heavy (non-hydrogen) atoms. The van der Waals surface area contributed by atoms with Gasteiger partial charge in [-0.1, -0.05) is 6.92 Å². The van der Waals surface area contributed by atoms with Crippen molar-refractivity contribution in [3.63, 3.8) is 0 Å². The summed E-state index contributed by atoms with van der Waals surface area (Å²) in [4.78, 5) is 0. The van der Waals surface area contributed by atoms with Gasteiger partial charge in [-0.3, -0.25) is 0 Å². The van der Waals surface area contributed by atoms with Gasteiger partial charge in [0.15, 0.2) is 0 Å². The van der Waals surface area contributed by atoms with Crippen LogP contribution in [-0.4, -0.2) is 35.2 Å². The third-order valence-electron chi connectivity index (χ3n) is 2.46. The predicted octanol–water partition coefficient (Wildman–Crippen LogP) is 1.17. The summed E-state index contributed by atoms with van der Waals surface area (Å²) in [6.45, 7) is 2.97. The van der Waals surface area contributed by atoms with Crippen molar-refractivity contribution in [2.24, 2.45) is 0 Å². The number of ether oxygens (including phenoxy) is 1. The Morgan fingerprint density at radius 1 is 1.50 bits per heavy atom. The smallest absolute Gasteiger partial charge is 0.250 e. The molecule has 0 amide bonds. The molecule has 0 aliphatic carbocycles. The van der Waals surface area contributed by atoms with Crippen molar-refractivity contribution in [1.29, 1.82) is 0 Å². The lowest BCUT2D eigenvalue weighted by atomic mass is 10.3. The second-order valence-corrected chi connectivity index (χ2v) is 6.84. The summed E-state index contributed by atoms with van der Waals surface area (Å²) >= 11 is 1.24. The van der Waals surface area contributed by atoms with E-state index in [1.165, 1.54) is 11.3 Å². The fourth-order valence-electron chi connectivity index (χ4n) is 1.50. The van der Waals surface area contributed by atoms with E-state index in [0.29, 0.717) is 23.8 Å². The average Bonchev–Trinajstić information content (AvgIpc) is 2.78. The van der Waals surface area contributed by atoms with Gasteiger partial charge in [-0.25, -0.2) is 13.1 Å². The van der Waals surface area contributed by atoms with Crippen molar-refractivity contribution in [2.75, 3.05) is 20.8 Å². The monoisotopic (exact) mass is 292 g/mol. The third-order valence-corrected chi connectivity index (χ3v) is 5.47. The molecular formula is C11H20N2O3S2. The van der Waals surface area contributed by atoms with Crippen molar-refractivity contribution in [2.45, 2.75) is 30.1 Å². The fraction of sp³-hybridized carbons (Fsp3) is 0.636. The van der Waals surface area contributed by atoms with Crippen molar-refractivity contribution in [3.05, 3.63) is 17.0 Å². The van der Waals surface area contributed by atoms with Gasteiger partial charge in [0, 0.05) is 19.7 Å². The molecule has 5 nitrogen and oxygen atoms in total. The minimum atomic E-state index is -3.43. The maximum absolute atomic E-state index is 12.1. The van der Waals surface area contributed by atoms with Crippen LogP contribution in [0.3, 0.4) is 0 Å². The number of sulfonamides is 1. The van der Waals surface area contributed by atoms with Crippen LogP contribution in [0.2, 0.25) is 0 Å². The topological polar surface area (TPSA) is 67.4 Å². The molecule has 1 atom stereocenters. The van der Waals surface area contributed by atoms with Crippen LogP contribution >= 0.6 is 11.3 Å². The molecule has 1 rings (SSSR count). The molecule has 0 spiro atoms. The summed E-state index contributed by atoms with van der Waals surface area (Å²) in [5, 5.41) is 4.84. The van der Waals surface area contributed by atoms with E-state index in [1.807, 2.05) is 19.4 Å². The number of methoxy groups -OCH3 is 1. The lowest BCUT2D eigenvalue weighted by Crippen LogP contribution is -2.37. The summed E-state index contributed by atoms with van der Waals surface area (Å²) in [7, 11) is -0.0388. The number of nitrogens with one attached hydrogen (secondary N) is 2. The zero-order valence-corrected chi connectivity index (χ0v) is 12.5. The molecular weight excluding hydrogens is 272 g/mol. The van der Waals surface area contributed by atoms with Crippen molar-refractivity contribution in [3.8, 4) is 0 Å². The van der Waals surface area contributed by atoms with Gasteiger partial charge in [-0.2, -0.15) is 0 Å². The van der Waals surface area contributed by atoms with Gasteiger partial charge in [0.2, 0.25) is 10.0 Å². The Hall–Kier alpha value is -0.470. The van der Waals surface area contributed by atoms with Crippen LogP contribution in [0, 0.1) is 0 Å². The first-order valence-corrected chi connectivity index (χ1v) is 8.13. The van der Waals surface area contributed by atoms with Gasteiger partial charge < -0.3 is 10.1 Å². The van der Waals surface area contributed by atoms with Crippen molar-refractivity contribution >= 4 is 21.4 Å². The molecule has 0 bridgehead atoms. The highest BCUT2D eigenvalue weighted by atomic mass is 32.2. The van der Waals surface area contributed by atoms with Crippen LogP contribution in [0.1, 0.15) is 18.9 Å². The molecule has 0 fully saturated rings. The minimum Gasteiger partial charge on any atom is -0.383 e. The number of thiophene rings is 1. The Labute approximate surface area is 113 Å². The first-order valence-electron chi connectivity index (χ1n) is 5.76. The van der Waals surface area contributed by atoms with Crippen molar-refractivity contribution in [1.82, 2.24) is 10.0 Å². The number of hydrogen-bond donors (Lipinski definition) is 2. The second kappa shape index (κ2) is 7.20. The van der Waals surface area contributed by atoms with Gasteiger partial charge in [-0.05, 0) is 30.5 Å². The standard InChI is InChI=1S/C11H20N2O3S2/c1-4-10(7-16-3)13-18(14,15)11-5-9(6-12-2)8-17-11/h5,8,10,12-13H,4,6-7H2,1-3H3. The molecule has 1 aromatic heterocycles. The summed E-state index contributed by atoms with van der Waals surface area (Å²) in [5.41, 5.74) is 0.975. The van der Waals surface area contributed by atoms with Gasteiger partial charge in [-0.15, -0.1) is 11.3 Å². The maximum atomic E-state index is 12.1. The molecule has 0 saturated heterocycles. The molecule has 1 aromatic rings. The molecule has 0 saturated carbocycles. The summed E-state index contributed by atoms with van der Waals surface area (Å²) in [6.07, 6.45) is 0.696. The first kappa shape index (κ1) is 15.6. The van der Waals surface area contributed by atoms with E-state index in [1.54, 1.807) is 13.2 Å². The maximum Gasteiger partial charge on any atom is 0.250 e. The van der Waals surface area contributed by atoms with E-state index in [4.69, 9.17) is 4.74 Å². The van der Waals surface area contributed by atoms with E-state index in [0.717, 1.165) is 5.56 Å². The van der Waals surface area contributed by atoms with Crippen LogP contribution in [0.5, 0.6) is 0 Å². The SMILES string of the molecule is CCC(COC)NS(=O)(=O)c1cc(CNC)cs1. The molecule has 0 aliphatic rings. The van der Waals surface area contributed by atoms with Crippen LogP contribution in [0.15, 0.2) is 15.7 Å². The molecule has 2 N–H and O–H groups in total. The van der Waals surface area contributed by atoms with Gasteiger partial charge >= 0.3 is 0 Å². The first-order chi connectivity index (χ1) is 8.53. The third kappa shape index (κ3) is 4.33. The lowest BCUT2D eigenvalue weighted by Gasteiger charge is -2.15.